The molecule has 31 heavy (non-hydrogen) atoms. The van der Waals surface area contributed by atoms with E-state index in [-0.39, 0.29) is 28.9 Å². The summed E-state index contributed by atoms with van der Waals surface area (Å²) in [6.07, 6.45) is 1.59. The highest BCUT2D eigenvalue weighted by atomic mass is 16.2. The highest BCUT2D eigenvalue weighted by molar-refractivity contribution is 6.48. The number of nitrogens with zero attached hydrogens (tertiary/aromatic N) is 3. The standard InChI is InChI=1S/C24H28N4O3/c1-13(2)24(6)23(31)26-21(27-24)19-18(11-16(5)12-25-19)20(29)22(30)28(7)17-9-14(3)8-15(4)10-17/h8-13H,1-7H3,(H,26,27,31). The minimum Gasteiger partial charge on any atom is -0.309 e. The molecule has 0 saturated heterocycles. The number of aliphatic imine (C=N–C) groups is 1. The van der Waals surface area contributed by atoms with Crippen molar-refractivity contribution in [3.05, 3.63) is 58.4 Å². The van der Waals surface area contributed by atoms with E-state index in [1.165, 1.54) is 4.90 Å². The van der Waals surface area contributed by atoms with Gasteiger partial charge in [-0.15, -0.1) is 0 Å². The molecular weight excluding hydrogens is 392 g/mol. The summed E-state index contributed by atoms with van der Waals surface area (Å²) in [5, 5.41) is 2.74. The molecular formula is C24H28N4O3. The Morgan fingerprint density at radius 1 is 1.03 bits per heavy atom. The van der Waals surface area contributed by atoms with Crippen LogP contribution < -0.4 is 10.2 Å². The Morgan fingerprint density at radius 3 is 2.19 bits per heavy atom. The number of anilines is 1. The molecule has 1 aliphatic rings. The van der Waals surface area contributed by atoms with Crippen LogP contribution in [0.15, 0.2) is 35.5 Å². The van der Waals surface area contributed by atoms with E-state index in [4.69, 9.17) is 0 Å². The molecule has 1 aromatic heterocycles. The molecule has 1 N–H and O–H groups in total. The molecule has 3 rings (SSSR count). The van der Waals surface area contributed by atoms with Gasteiger partial charge in [-0.2, -0.15) is 0 Å². The number of carbonyl (C=O) groups excluding carboxylic acids is 3. The van der Waals surface area contributed by atoms with E-state index in [0.29, 0.717) is 5.69 Å². The summed E-state index contributed by atoms with van der Waals surface area (Å²) >= 11 is 0. The van der Waals surface area contributed by atoms with Crippen LogP contribution in [0, 0.1) is 26.7 Å². The summed E-state index contributed by atoms with van der Waals surface area (Å²) in [5.74, 6) is -1.48. The molecule has 1 atom stereocenters. The van der Waals surface area contributed by atoms with Crippen LogP contribution in [0.25, 0.3) is 0 Å². The first-order valence-corrected chi connectivity index (χ1v) is 10.2. The summed E-state index contributed by atoms with van der Waals surface area (Å²) in [6, 6.07) is 7.31. The first kappa shape index (κ1) is 22.3. The fraction of sp³-hybridized carbons (Fsp3) is 0.375. The summed E-state index contributed by atoms with van der Waals surface area (Å²) in [7, 11) is 1.57. The number of likely N-dealkylation sites (N-methyl/N-ethyl adjacent to an activating group) is 1. The molecule has 2 amide bonds. The SMILES string of the molecule is Cc1cc(C)cc(N(C)C(=O)C(=O)c2cc(C)cnc2C2=NC(C)(C(C)C)C(=O)N2)c1. The van der Waals surface area contributed by atoms with E-state index in [1.807, 2.05) is 45.9 Å². The van der Waals surface area contributed by atoms with Crippen LogP contribution in [-0.4, -0.2) is 41.0 Å². The smallest absolute Gasteiger partial charge is 0.299 e. The number of hydrogen-bond donors (Lipinski definition) is 1. The van der Waals surface area contributed by atoms with Crippen molar-refractivity contribution in [1.82, 2.24) is 10.3 Å². The van der Waals surface area contributed by atoms with Crippen LogP contribution in [0.3, 0.4) is 0 Å². The molecule has 0 fully saturated rings. The number of aromatic nitrogens is 1. The number of benzene rings is 1. The van der Waals surface area contributed by atoms with Crippen LogP contribution in [-0.2, 0) is 9.59 Å². The van der Waals surface area contributed by atoms with Crippen LogP contribution in [0.4, 0.5) is 5.69 Å². The van der Waals surface area contributed by atoms with Crippen molar-refractivity contribution in [3.63, 3.8) is 0 Å². The first-order chi connectivity index (χ1) is 14.4. The molecule has 1 unspecified atom stereocenters. The molecule has 0 aliphatic carbocycles. The highest BCUT2D eigenvalue weighted by Crippen LogP contribution is 2.28. The topological polar surface area (TPSA) is 91.7 Å². The predicted octanol–water partition coefficient (Wildman–Crippen LogP) is 3.14. The Balaban J connectivity index is 2.01. The summed E-state index contributed by atoms with van der Waals surface area (Å²) in [5.41, 5.74) is 2.72. The summed E-state index contributed by atoms with van der Waals surface area (Å²) < 4.78 is 0. The molecule has 2 aromatic rings. The molecule has 7 nitrogen and oxygen atoms in total. The van der Waals surface area contributed by atoms with E-state index in [2.05, 4.69) is 15.3 Å². The number of ketones is 1. The number of aryl methyl sites for hydroxylation is 3. The molecule has 0 saturated carbocycles. The van der Waals surface area contributed by atoms with Gasteiger partial charge in [0.15, 0.2) is 5.84 Å². The summed E-state index contributed by atoms with van der Waals surface area (Å²) in [6.45, 7) is 11.2. The van der Waals surface area contributed by atoms with E-state index in [1.54, 1.807) is 33.2 Å². The second-order valence-electron chi connectivity index (χ2n) is 8.66. The third-order valence-electron chi connectivity index (χ3n) is 5.75. The zero-order valence-electron chi connectivity index (χ0n) is 19.0. The fourth-order valence-electron chi connectivity index (χ4n) is 3.51. The van der Waals surface area contributed by atoms with Crippen molar-refractivity contribution in [3.8, 4) is 0 Å². The second kappa shape index (κ2) is 8.06. The minimum atomic E-state index is -0.956. The number of Topliss-reactive ketones (excluding diaryl/α,β-unsaturated/α-hetero) is 1. The Bertz CT molecular complexity index is 1100. The van der Waals surface area contributed by atoms with E-state index < -0.39 is 17.2 Å². The van der Waals surface area contributed by atoms with Crippen molar-refractivity contribution in [2.24, 2.45) is 10.9 Å². The number of rotatable bonds is 5. The Morgan fingerprint density at radius 2 is 1.65 bits per heavy atom. The van der Waals surface area contributed by atoms with Gasteiger partial charge in [0, 0.05) is 18.9 Å². The van der Waals surface area contributed by atoms with Gasteiger partial charge >= 0.3 is 0 Å². The zero-order chi connectivity index (χ0) is 23.1. The lowest BCUT2D eigenvalue weighted by molar-refractivity contribution is -0.124. The minimum absolute atomic E-state index is 0.0491. The highest BCUT2D eigenvalue weighted by Gasteiger charge is 2.43. The Labute approximate surface area is 182 Å². The largest absolute Gasteiger partial charge is 0.309 e. The van der Waals surface area contributed by atoms with Crippen LogP contribution in [0.2, 0.25) is 0 Å². The number of nitrogens with one attached hydrogen (secondary N) is 1. The number of amidine groups is 1. The number of carbonyl (C=O) groups is 3. The van der Waals surface area contributed by atoms with Crippen LogP contribution >= 0.6 is 0 Å². The van der Waals surface area contributed by atoms with Crippen molar-refractivity contribution in [2.75, 3.05) is 11.9 Å². The maximum atomic E-state index is 13.2. The van der Waals surface area contributed by atoms with E-state index >= 15 is 0 Å². The molecule has 0 bridgehead atoms. The van der Waals surface area contributed by atoms with Gasteiger partial charge in [-0.05, 0) is 68.5 Å². The van der Waals surface area contributed by atoms with Gasteiger partial charge in [-0.25, -0.2) is 4.99 Å². The third kappa shape index (κ3) is 4.13. The van der Waals surface area contributed by atoms with Crippen molar-refractivity contribution in [2.45, 2.75) is 47.1 Å². The number of pyridine rings is 1. The molecule has 0 spiro atoms. The second-order valence-corrected chi connectivity index (χ2v) is 8.66. The van der Waals surface area contributed by atoms with Gasteiger partial charge in [0.05, 0.1) is 5.56 Å². The molecule has 1 aliphatic heterocycles. The average molecular weight is 421 g/mol. The van der Waals surface area contributed by atoms with Gasteiger partial charge in [-0.3, -0.25) is 19.4 Å². The molecule has 2 heterocycles. The monoisotopic (exact) mass is 420 g/mol. The zero-order valence-corrected chi connectivity index (χ0v) is 19.0. The predicted molar refractivity (Wildman–Crippen MR) is 121 cm³/mol. The van der Waals surface area contributed by atoms with E-state index in [9.17, 15) is 14.4 Å². The quantitative estimate of drug-likeness (QED) is 0.594. The van der Waals surface area contributed by atoms with Gasteiger partial charge in [0.25, 0.3) is 17.6 Å². The lowest BCUT2D eigenvalue weighted by atomic mass is 9.89. The third-order valence-corrected chi connectivity index (χ3v) is 5.75. The number of amides is 2. The number of hydrogen-bond acceptors (Lipinski definition) is 5. The molecule has 7 heteroatoms. The van der Waals surface area contributed by atoms with Gasteiger partial charge < -0.3 is 10.2 Å². The van der Waals surface area contributed by atoms with Crippen LogP contribution in [0.1, 0.15) is 53.5 Å². The average Bonchev–Trinajstić information content (AvgIpc) is 3.01. The molecule has 162 valence electrons. The van der Waals surface area contributed by atoms with Gasteiger partial charge in [-0.1, -0.05) is 19.9 Å². The van der Waals surface area contributed by atoms with Crippen molar-refractivity contribution < 1.29 is 14.4 Å². The van der Waals surface area contributed by atoms with Gasteiger partial charge in [0.1, 0.15) is 11.2 Å². The molecule has 1 aromatic carbocycles. The van der Waals surface area contributed by atoms with E-state index in [0.717, 1.165) is 16.7 Å². The molecule has 0 radical (unpaired) electrons. The lowest BCUT2D eigenvalue weighted by Gasteiger charge is -2.21. The summed E-state index contributed by atoms with van der Waals surface area (Å²) in [4.78, 5) is 49.1. The maximum absolute atomic E-state index is 13.2. The maximum Gasteiger partial charge on any atom is 0.299 e. The van der Waals surface area contributed by atoms with Crippen molar-refractivity contribution in [1.29, 1.82) is 0 Å². The normalized spacial score (nSPS) is 18.1. The van der Waals surface area contributed by atoms with Crippen LogP contribution in [0.5, 0.6) is 0 Å². The first-order valence-electron chi connectivity index (χ1n) is 10.2. The lowest BCUT2D eigenvalue weighted by Crippen LogP contribution is -2.41. The Hall–Kier alpha value is -3.35. The van der Waals surface area contributed by atoms with Gasteiger partial charge in [0.2, 0.25) is 0 Å². The van der Waals surface area contributed by atoms with Crippen molar-refractivity contribution >= 4 is 29.1 Å². The Kier molecular flexibility index (Phi) is 5.81. The fourth-order valence-corrected chi connectivity index (χ4v) is 3.51.